The van der Waals surface area contributed by atoms with E-state index in [9.17, 15) is 4.39 Å². The molecule has 114 valence electrons. The maximum absolute atomic E-state index is 13.9. The predicted octanol–water partition coefficient (Wildman–Crippen LogP) is 2.59. The van der Waals surface area contributed by atoms with Gasteiger partial charge in [0.25, 0.3) is 0 Å². The Kier molecular flexibility index (Phi) is 4.21. The van der Waals surface area contributed by atoms with E-state index in [4.69, 9.17) is 5.26 Å². The number of hydrogen-bond donors (Lipinski definition) is 0. The van der Waals surface area contributed by atoms with Crippen LogP contribution in [-0.4, -0.2) is 28.0 Å². The van der Waals surface area contributed by atoms with Crippen molar-refractivity contribution in [1.29, 1.82) is 5.26 Å². The number of halogens is 1. The first-order chi connectivity index (χ1) is 10.7. The summed E-state index contributed by atoms with van der Waals surface area (Å²) >= 11 is 0. The number of imidazole rings is 1. The molecule has 1 aliphatic heterocycles. The summed E-state index contributed by atoms with van der Waals surface area (Å²) in [5, 5.41) is 8.93. The SMILES string of the molecule is CN(Cc1cc(C#N)ccc1F)C[C@H]1CCc2nccn2C1. The van der Waals surface area contributed by atoms with Crippen molar-refractivity contribution in [3.05, 3.63) is 53.4 Å². The van der Waals surface area contributed by atoms with E-state index in [1.165, 1.54) is 12.1 Å². The minimum Gasteiger partial charge on any atom is -0.335 e. The van der Waals surface area contributed by atoms with E-state index in [1.54, 1.807) is 6.07 Å². The molecule has 22 heavy (non-hydrogen) atoms. The third-order valence-electron chi connectivity index (χ3n) is 4.22. The number of nitriles is 1. The van der Waals surface area contributed by atoms with Gasteiger partial charge in [-0.3, -0.25) is 0 Å². The van der Waals surface area contributed by atoms with Gasteiger partial charge in [0.2, 0.25) is 0 Å². The molecule has 0 N–H and O–H groups in total. The van der Waals surface area contributed by atoms with Crippen LogP contribution in [0.5, 0.6) is 0 Å². The van der Waals surface area contributed by atoms with Gasteiger partial charge in [-0.25, -0.2) is 9.37 Å². The molecule has 1 aliphatic rings. The standard InChI is InChI=1S/C17H19FN4/c1-21(12-15-8-13(9-19)2-4-16(15)18)10-14-3-5-17-20-6-7-22(17)11-14/h2,4,6-8,14H,3,5,10-12H2,1H3/t14-/m1/s1. The Morgan fingerprint density at radius 3 is 3.18 bits per heavy atom. The first-order valence-corrected chi connectivity index (χ1v) is 7.53. The molecule has 0 saturated heterocycles. The lowest BCUT2D eigenvalue weighted by Crippen LogP contribution is -2.31. The molecule has 0 radical (unpaired) electrons. The van der Waals surface area contributed by atoms with Gasteiger partial charge in [0.15, 0.2) is 0 Å². The number of aromatic nitrogens is 2. The fraction of sp³-hybridized carbons (Fsp3) is 0.412. The maximum Gasteiger partial charge on any atom is 0.127 e. The molecule has 0 spiro atoms. The lowest BCUT2D eigenvalue weighted by atomic mass is 9.98. The second-order valence-corrected chi connectivity index (χ2v) is 6.02. The van der Waals surface area contributed by atoms with Crippen molar-refractivity contribution in [3.63, 3.8) is 0 Å². The molecule has 2 heterocycles. The summed E-state index contributed by atoms with van der Waals surface area (Å²) in [7, 11) is 2.00. The summed E-state index contributed by atoms with van der Waals surface area (Å²) < 4.78 is 16.1. The molecular weight excluding hydrogens is 279 g/mol. The van der Waals surface area contributed by atoms with Crippen molar-refractivity contribution in [2.24, 2.45) is 5.92 Å². The zero-order valence-electron chi connectivity index (χ0n) is 12.7. The lowest BCUT2D eigenvalue weighted by molar-refractivity contribution is 0.227. The van der Waals surface area contributed by atoms with Gasteiger partial charge in [0.1, 0.15) is 11.6 Å². The van der Waals surface area contributed by atoms with E-state index in [2.05, 4.69) is 20.5 Å². The minimum atomic E-state index is -0.244. The number of aryl methyl sites for hydroxylation is 1. The van der Waals surface area contributed by atoms with Gasteiger partial charge in [0.05, 0.1) is 11.6 Å². The lowest BCUT2D eigenvalue weighted by Gasteiger charge is -2.28. The van der Waals surface area contributed by atoms with Crippen LogP contribution in [0.3, 0.4) is 0 Å². The van der Waals surface area contributed by atoms with E-state index in [0.717, 1.165) is 31.8 Å². The molecule has 2 aromatic rings. The highest BCUT2D eigenvalue weighted by atomic mass is 19.1. The van der Waals surface area contributed by atoms with Crippen LogP contribution in [0.4, 0.5) is 4.39 Å². The molecule has 0 unspecified atom stereocenters. The Hall–Kier alpha value is -2.19. The number of benzene rings is 1. The molecule has 0 fully saturated rings. The van der Waals surface area contributed by atoms with E-state index < -0.39 is 0 Å². The third kappa shape index (κ3) is 3.18. The quantitative estimate of drug-likeness (QED) is 0.871. The van der Waals surface area contributed by atoms with E-state index in [-0.39, 0.29) is 5.82 Å². The summed E-state index contributed by atoms with van der Waals surface area (Å²) in [6.07, 6.45) is 5.99. The van der Waals surface area contributed by atoms with E-state index >= 15 is 0 Å². The zero-order chi connectivity index (χ0) is 15.5. The van der Waals surface area contributed by atoms with E-state index in [1.807, 2.05) is 19.4 Å². The molecule has 0 saturated carbocycles. The summed E-state index contributed by atoms with van der Waals surface area (Å²) in [4.78, 5) is 6.47. The normalized spacial score (nSPS) is 17.3. The molecule has 1 aromatic carbocycles. The van der Waals surface area contributed by atoms with Crippen LogP contribution in [0.15, 0.2) is 30.6 Å². The number of fused-ring (bicyclic) bond motifs is 1. The van der Waals surface area contributed by atoms with Gasteiger partial charge in [-0.05, 0) is 37.6 Å². The Balaban J connectivity index is 1.61. The van der Waals surface area contributed by atoms with Crippen LogP contribution in [-0.2, 0) is 19.5 Å². The van der Waals surface area contributed by atoms with Crippen molar-refractivity contribution in [2.75, 3.05) is 13.6 Å². The Labute approximate surface area is 129 Å². The zero-order valence-corrected chi connectivity index (χ0v) is 12.7. The molecule has 0 bridgehead atoms. The maximum atomic E-state index is 13.9. The second kappa shape index (κ2) is 6.29. The molecule has 3 rings (SSSR count). The van der Waals surface area contributed by atoms with Crippen molar-refractivity contribution >= 4 is 0 Å². The Morgan fingerprint density at radius 1 is 1.50 bits per heavy atom. The summed E-state index contributed by atoms with van der Waals surface area (Å²) in [5.41, 5.74) is 1.09. The van der Waals surface area contributed by atoms with Crippen molar-refractivity contribution in [1.82, 2.24) is 14.5 Å². The largest absolute Gasteiger partial charge is 0.335 e. The third-order valence-corrected chi connectivity index (χ3v) is 4.22. The van der Waals surface area contributed by atoms with Crippen LogP contribution in [0, 0.1) is 23.1 Å². The Bertz CT molecular complexity index is 701. The number of hydrogen-bond acceptors (Lipinski definition) is 3. The summed E-state index contributed by atoms with van der Waals surface area (Å²) in [6, 6.07) is 6.59. The van der Waals surface area contributed by atoms with Crippen LogP contribution < -0.4 is 0 Å². The Morgan fingerprint density at radius 2 is 2.36 bits per heavy atom. The van der Waals surface area contributed by atoms with Crippen molar-refractivity contribution < 1.29 is 4.39 Å². The number of rotatable bonds is 4. The fourth-order valence-corrected chi connectivity index (χ4v) is 3.15. The van der Waals surface area contributed by atoms with E-state index in [0.29, 0.717) is 23.6 Å². The van der Waals surface area contributed by atoms with Crippen LogP contribution in [0.25, 0.3) is 0 Å². The average molecular weight is 298 g/mol. The summed E-state index contributed by atoms with van der Waals surface area (Å²) in [6.45, 7) is 2.41. The van der Waals surface area contributed by atoms with Crippen molar-refractivity contribution in [2.45, 2.75) is 25.9 Å². The van der Waals surface area contributed by atoms with Crippen molar-refractivity contribution in [3.8, 4) is 6.07 Å². The average Bonchev–Trinajstić information content (AvgIpc) is 2.97. The van der Waals surface area contributed by atoms with Gasteiger partial charge in [-0.2, -0.15) is 5.26 Å². The monoisotopic (exact) mass is 298 g/mol. The minimum absolute atomic E-state index is 0.244. The molecule has 5 heteroatoms. The van der Waals surface area contributed by atoms with Gasteiger partial charge in [-0.1, -0.05) is 0 Å². The van der Waals surface area contributed by atoms with Gasteiger partial charge >= 0.3 is 0 Å². The highest BCUT2D eigenvalue weighted by Crippen LogP contribution is 2.20. The van der Waals surface area contributed by atoms with Gasteiger partial charge < -0.3 is 9.47 Å². The van der Waals surface area contributed by atoms with Crippen LogP contribution in [0.2, 0.25) is 0 Å². The highest BCUT2D eigenvalue weighted by Gasteiger charge is 2.20. The summed E-state index contributed by atoms with van der Waals surface area (Å²) in [5.74, 6) is 1.46. The molecule has 4 nitrogen and oxygen atoms in total. The second-order valence-electron chi connectivity index (χ2n) is 6.02. The first kappa shape index (κ1) is 14.7. The molecule has 1 atom stereocenters. The molecule has 0 amide bonds. The molecule has 1 aromatic heterocycles. The number of nitrogens with zero attached hydrogens (tertiary/aromatic N) is 4. The van der Waals surface area contributed by atoms with Gasteiger partial charge in [0, 0.05) is 44.0 Å². The molecule has 0 aliphatic carbocycles. The fourth-order valence-electron chi connectivity index (χ4n) is 3.15. The topological polar surface area (TPSA) is 44.9 Å². The highest BCUT2D eigenvalue weighted by molar-refractivity contribution is 5.33. The van der Waals surface area contributed by atoms with Crippen LogP contribution in [0.1, 0.15) is 23.4 Å². The first-order valence-electron chi connectivity index (χ1n) is 7.53. The van der Waals surface area contributed by atoms with Crippen LogP contribution >= 0.6 is 0 Å². The smallest absolute Gasteiger partial charge is 0.127 e. The van der Waals surface area contributed by atoms with Gasteiger partial charge in [-0.15, -0.1) is 0 Å². The molecular formula is C17H19FN4. The predicted molar refractivity (Wildman–Crippen MR) is 81.5 cm³/mol.